The van der Waals surface area contributed by atoms with Gasteiger partial charge in [0, 0.05) is 39.9 Å². The fourth-order valence-electron chi connectivity index (χ4n) is 3.34. The zero-order chi connectivity index (χ0) is 22.8. The molecular formula is C24H18ClN5O3. The Balaban J connectivity index is 1.57. The third-order valence-electron chi connectivity index (χ3n) is 4.91. The van der Waals surface area contributed by atoms with Crippen molar-refractivity contribution in [3.05, 3.63) is 71.8 Å². The van der Waals surface area contributed by atoms with E-state index in [2.05, 4.69) is 25.5 Å². The maximum atomic E-state index is 6.08. The van der Waals surface area contributed by atoms with Gasteiger partial charge in [-0.2, -0.15) is 0 Å². The second-order valence-corrected chi connectivity index (χ2v) is 7.50. The molecule has 0 radical (unpaired) electrons. The minimum absolute atomic E-state index is 0.196. The fourth-order valence-corrected chi connectivity index (χ4v) is 3.53. The lowest BCUT2D eigenvalue weighted by Gasteiger charge is -2.12. The highest BCUT2D eigenvalue weighted by molar-refractivity contribution is 6.30. The lowest BCUT2D eigenvalue weighted by molar-refractivity contribution is 0.395. The van der Waals surface area contributed by atoms with Crippen molar-refractivity contribution in [2.24, 2.45) is 0 Å². The van der Waals surface area contributed by atoms with E-state index in [9.17, 15) is 0 Å². The molecule has 0 fully saturated rings. The number of ether oxygens (including phenoxy) is 2. The van der Waals surface area contributed by atoms with Crippen LogP contribution in [0.3, 0.4) is 0 Å². The highest BCUT2D eigenvalue weighted by atomic mass is 35.5. The molecule has 0 saturated heterocycles. The SMILES string of the molecule is COc1cc(Nc2nc(-c3nnc(-c4cccc(Cl)c4)o3)nc3ccccc23)cc(OC)c1. The third kappa shape index (κ3) is 4.28. The number of aromatic nitrogens is 4. The van der Waals surface area contributed by atoms with E-state index in [-0.39, 0.29) is 5.89 Å². The molecule has 0 saturated carbocycles. The number of hydrogen-bond acceptors (Lipinski definition) is 8. The number of para-hydroxylation sites is 1. The lowest BCUT2D eigenvalue weighted by atomic mass is 10.2. The molecule has 3 aromatic carbocycles. The maximum absolute atomic E-state index is 6.08. The molecule has 0 aliphatic rings. The van der Waals surface area contributed by atoms with Crippen LogP contribution < -0.4 is 14.8 Å². The molecule has 5 rings (SSSR count). The van der Waals surface area contributed by atoms with Gasteiger partial charge in [-0.25, -0.2) is 9.97 Å². The molecule has 5 aromatic rings. The zero-order valence-electron chi connectivity index (χ0n) is 17.7. The summed E-state index contributed by atoms with van der Waals surface area (Å²) in [6.07, 6.45) is 0. The number of rotatable bonds is 6. The van der Waals surface area contributed by atoms with Crippen LogP contribution in [-0.4, -0.2) is 34.4 Å². The van der Waals surface area contributed by atoms with E-state index in [1.165, 1.54) is 0 Å². The van der Waals surface area contributed by atoms with Crippen molar-refractivity contribution in [1.82, 2.24) is 20.2 Å². The number of hydrogen-bond donors (Lipinski definition) is 1. The van der Waals surface area contributed by atoms with Crippen molar-refractivity contribution in [3.63, 3.8) is 0 Å². The van der Waals surface area contributed by atoms with Crippen LogP contribution in [-0.2, 0) is 0 Å². The molecule has 0 unspecified atom stereocenters. The van der Waals surface area contributed by atoms with Crippen molar-refractivity contribution in [2.45, 2.75) is 0 Å². The summed E-state index contributed by atoms with van der Waals surface area (Å²) in [5, 5.41) is 13.0. The number of halogens is 1. The second-order valence-electron chi connectivity index (χ2n) is 7.06. The van der Waals surface area contributed by atoms with Crippen LogP contribution in [0.2, 0.25) is 5.02 Å². The standard InChI is InChI=1S/C24H18ClN5O3/c1-31-17-11-16(12-18(13-17)32-2)26-21-19-8-3-4-9-20(19)27-22(28-21)24-30-29-23(33-24)14-6-5-7-15(25)10-14/h3-13H,1-2H3,(H,26,27,28). The molecule has 33 heavy (non-hydrogen) atoms. The predicted octanol–water partition coefficient (Wildman–Crippen LogP) is 5.76. The molecule has 1 N–H and O–H groups in total. The molecule has 0 aliphatic heterocycles. The van der Waals surface area contributed by atoms with E-state index in [0.29, 0.717) is 39.6 Å². The molecule has 0 aliphatic carbocycles. The largest absolute Gasteiger partial charge is 0.497 e. The van der Waals surface area contributed by atoms with Crippen LogP contribution in [0.25, 0.3) is 34.1 Å². The number of anilines is 2. The minimum atomic E-state index is 0.196. The predicted molar refractivity (Wildman–Crippen MR) is 126 cm³/mol. The van der Waals surface area contributed by atoms with Gasteiger partial charge in [0.25, 0.3) is 5.89 Å². The zero-order valence-corrected chi connectivity index (χ0v) is 18.5. The van der Waals surface area contributed by atoms with E-state index < -0.39 is 0 Å². The summed E-state index contributed by atoms with van der Waals surface area (Å²) in [6.45, 7) is 0. The Labute approximate surface area is 194 Å². The number of fused-ring (bicyclic) bond motifs is 1. The van der Waals surface area contributed by atoms with Gasteiger partial charge >= 0.3 is 0 Å². The van der Waals surface area contributed by atoms with Crippen molar-refractivity contribution in [3.8, 4) is 34.7 Å². The molecule has 9 heteroatoms. The second kappa shape index (κ2) is 8.76. The Hall–Kier alpha value is -4.17. The van der Waals surface area contributed by atoms with Crippen LogP contribution in [0, 0.1) is 0 Å². The molecule has 0 amide bonds. The van der Waals surface area contributed by atoms with E-state index in [4.69, 9.17) is 25.5 Å². The fraction of sp³-hybridized carbons (Fsp3) is 0.0833. The smallest absolute Gasteiger partial charge is 0.286 e. The first-order valence-electron chi connectivity index (χ1n) is 9.99. The summed E-state index contributed by atoms with van der Waals surface area (Å²) in [6, 6.07) is 20.3. The highest BCUT2D eigenvalue weighted by Gasteiger charge is 2.17. The first kappa shape index (κ1) is 20.7. The van der Waals surface area contributed by atoms with Crippen LogP contribution in [0.4, 0.5) is 11.5 Å². The van der Waals surface area contributed by atoms with Gasteiger partial charge in [-0.05, 0) is 30.3 Å². The van der Waals surface area contributed by atoms with E-state index in [0.717, 1.165) is 16.6 Å². The maximum Gasteiger partial charge on any atom is 0.286 e. The molecular weight excluding hydrogens is 442 g/mol. The molecule has 0 bridgehead atoms. The summed E-state index contributed by atoms with van der Waals surface area (Å²) in [5.74, 6) is 2.70. The van der Waals surface area contributed by atoms with Gasteiger partial charge in [0.2, 0.25) is 11.7 Å². The van der Waals surface area contributed by atoms with Crippen LogP contribution in [0.15, 0.2) is 71.1 Å². The third-order valence-corrected chi connectivity index (χ3v) is 5.14. The highest BCUT2D eigenvalue weighted by Crippen LogP contribution is 2.32. The van der Waals surface area contributed by atoms with E-state index in [1.807, 2.05) is 48.5 Å². The summed E-state index contributed by atoms with van der Waals surface area (Å²) < 4.78 is 16.6. The van der Waals surface area contributed by atoms with E-state index >= 15 is 0 Å². The van der Waals surface area contributed by atoms with Gasteiger partial charge in [-0.3, -0.25) is 0 Å². The summed E-state index contributed by atoms with van der Waals surface area (Å²) in [7, 11) is 3.20. The number of benzene rings is 3. The van der Waals surface area contributed by atoms with Gasteiger partial charge in [0.1, 0.15) is 17.3 Å². The minimum Gasteiger partial charge on any atom is -0.497 e. The molecule has 0 spiro atoms. The Morgan fingerprint density at radius 2 is 1.58 bits per heavy atom. The summed E-state index contributed by atoms with van der Waals surface area (Å²) in [5.41, 5.74) is 2.18. The number of methoxy groups -OCH3 is 2. The van der Waals surface area contributed by atoms with Crippen LogP contribution >= 0.6 is 11.6 Å². The summed E-state index contributed by atoms with van der Waals surface area (Å²) >= 11 is 6.08. The average molecular weight is 460 g/mol. The average Bonchev–Trinajstić information content (AvgIpc) is 3.34. The Morgan fingerprint density at radius 3 is 2.33 bits per heavy atom. The Bertz CT molecular complexity index is 1430. The quantitative estimate of drug-likeness (QED) is 0.342. The normalized spacial score (nSPS) is 10.9. The monoisotopic (exact) mass is 459 g/mol. The molecule has 0 atom stereocenters. The number of nitrogens with one attached hydrogen (secondary N) is 1. The molecule has 2 aromatic heterocycles. The van der Waals surface area contributed by atoms with Crippen molar-refractivity contribution >= 4 is 34.0 Å². The first-order valence-corrected chi connectivity index (χ1v) is 10.4. The van der Waals surface area contributed by atoms with Crippen molar-refractivity contribution in [1.29, 1.82) is 0 Å². The van der Waals surface area contributed by atoms with Gasteiger partial charge in [-0.1, -0.05) is 29.8 Å². The van der Waals surface area contributed by atoms with Gasteiger partial charge in [-0.15, -0.1) is 10.2 Å². The van der Waals surface area contributed by atoms with Gasteiger partial charge < -0.3 is 19.2 Å². The first-order chi connectivity index (χ1) is 16.1. The topological polar surface area (TPSA) is 95.2 Å². The molecule has 8 nitrogen and oxygen atoms in total. The van der Waals surface area contributed by atoms with Crippen molar-refractivity contribution < 1.29 is 13.9 Å². The van der Waals surface area contributed by atoms with Crippen molar-refractivity contribution in [2.75, 3.05) is 19.5 Å². The van der Waals surface area contributed by atoms with E-state index in [1.54, 1.807) is 32.4 Å². The number of nitrogens with zero attached hydrogens (tertiary/aromatic N) is 4. The van der Waals surface area contributed by atoms with Gasteiger partial charge in [0.15, 0.2) is 0 Å². The van der Waals surface area contributed by atoms with Gasteiger partial charge in [0.05, 0.1) is 19.7 Å². The Morgan fingerprint density at radius 1 is 0.818 bits per heavy atom. The lowest BCUT2D eigenvalue weighted by Crippen LogP contribution is -2.00. The molecule has 2 heterocycles. The Kier molecular flexibility index (Phi) is 5.50. The summed E-state index contributed by atoms with van der Waals surface area (Å²) in [4.78, 5) is 9.29. The molecule has 164 valence electrons. The van der Waals surface area contributed by atoms with Crippen LogP contribution in [0.5, 0.6) is 11.5 Å². The van der Waals surface area contributed by atoms with Crippen LogP contribution in [0.1, 0.15) is 0 Å².